The predicted octanol–water partition coefficient (Wildman–Crippen LogP) is 3.91. The number of anilines is 3. The van der Waals surface area contributed by atoms with Crippen molar-refractivity contribution in [3.63, 3.8) is 0 Å². The van der Waals surface area contributed by atoms with E-state index in [0.717, 1.165) is 13.1 Å². The molecule has 2 rings (SSSR count). The molecule has 1 aromatic carbocycles. The SMILES string of the molecule is CCN(CC)c1nc(Cl)nc(Nc2ccc(F)c(Cl)c2)n1. The standard InChI is InChI=1S/C13H14Cl2FN5/c1-3-21(4-2)13-19-11(15)18-12(20-13)17-8-5-6-10(16)9(14)7-8/h5-7H,3-4H2,1-2H3,(H,17,18,19,20). The van der Waals surface area contributed by atoms with Crippen molar-refractivity contribution in [1.29, 1.82) is 0 Å². The molecule has 0 aliphatic heterocycles. The van der Waals surface area contributed by atoms with Crippen LogP contribution < -0.4 is 10.2 Å². The Labute approximate surface area is 132 Å². The summed E-state index contributed by atoms with van der Waals surface area (Å²) < 4.78 is 13.1. The zero-order valence-corrected chi connectivity index (χ0v) is 13.1. The molecule has 0 radical (unpaired) electrons. The molecule has 0 atom stereocenters. The molecule has 0 aliphatic rings. The summed E-state index contributed by atoms with van der Waals surface area (Å²) in [7, 11) is 0. The van der Waals surface area contributed by atoms with E-state index in [9.17, 15) is 4.39 Å². The fraction of sp³-hybridized carbons (Fsp3) is 0.308. The van der Waals surface area contributed by atoms with E-state index < -0.39 is 5.82 Å². The lowest BCUT2D eigenvalue weighted by molar-refractivity contribution is 0.628. The molecule has 8 heteroatoms. The quantitative estimate of drug-likeness (QED) is 0.901. The molecule has 1 aromatic heterocycles. The summed E-state index contributed by atoms with van der Waals surface area (Å²) in [5.41, 5.74) is 0.564. The van der Waals surface area contributed by atoms with Gasteiger partial charge in [0, 0.05) is 18.8 Å². The first-order valence-corrected chi connectivity index (χ1v) is 7.17. The van der Waals surface area contributed by atoms with Gasteiger partial charge in [0.2, 0.25) is 17.2 Å². The average molecular weight is 330 g/mol. The molecule has 0 unspecified atom stereocenters. The lowest BCUT2D eigenvalue weighted by atomic mass is 10.3. The summed E-state index contributed by atoms with van der Waals surface area (Å²) in [6.07, 6.45) is 0. The molecule has 2 aromatic rings. The Morgan fingerprint density at radius 1 is 1.14 bits per heavy atom. The molecule has 21 heavy (non-hydrogen) atoms. The van der Waals surface area contributed by atoms with Crippen LogP contribution in [0.2, 0.25) is 10.3 Å². The number of halogens is 3. The normalized spacial score (nSPS) is 10.5. The largest absolute Gasteiger partial charge is 0.341 e. The monoisotopic (exact) mass is 329 g/mol. The minimum absolute atomic E-state index is 0.0177. The van der Waals surface area contributed by atoms with Gasteiger partial charge in [-0.05, 0) is 43.6 Å². The van der Waals surface area contributed by atoms with E-state index in [1.165, 1.54) is 18.2 Å². The number of nitrogens with one attached hydrogen (secondary N) is 1. The van der Waals surface area contributed by atoms with Gasteiger partial charge in [0.15, 0.2) is 0 Å². The smallest absolute Gasteiger partial charge is 0.233 e. The average Bonchev–Trinajstić information content (AvgIpc) is 2.44. The van der Waals surface area contributed by atoms with Crippen molar-refractivity contribution in [1.82, 2.24) is 15.0 Å². The molecule has 0 saturated heterocycles. The Morgan fingerprint density at radius 2 is 1.86 bits per heavy atom. The van der Waals surface area contributed by atoms with Crippen LogP contribution in [0.25, 0.3) is 0 Å². The lowest BCUT2D eigenvalue weighted by Gasteiger charge is -2.18. The van der Waals surface area contributed by atoms with Gasteiger partial charge in [-0.25, -0.2) is 4.39 Å². The zero-order chi connectivity index (χ0) is 15.4. The highest BCUT2D eigenvalue weighted by Gasteiger charge is 2.11. The number of rotatable bonds is 5. The van der Waals surface area contributed by atoms with Gasteiger partial charge in [0.25, 0.3) is 0 Å². The topological polar surface area (TPSA) is 53.9 Å². The van der Waals surface area contributed by atoms with Gasteiger partial charge in [0.1, 0.15) is 5.82 Å². The number of aromatic nitrogens is 3. The molecule has 0 saturated carbocycles. The fourth-order valence-electron chi connectivity index (χ4n) is 1.75. The molecule has 0 spiro atoms. The number of hydrogen-bond donors (Lipinski definition) is 1. The van der Waals surface area contributed by atoms with E-state index >= 15 is 0 Å². The summed E-state index contributed by atoms with van der Waals surface area (Å²) in [6, 6.07) is 4.25. The van der Waals surface area contributed by atoms with Crippen molar-refractivity contribution in [2.24, 2.45) is 0 Å². The second-order valence-electron chi connectivity index (χ2n) is 4.15. The molecule has 1 N–H and O–H groups in total. The predicted molar refractivity (Wildman–Crippen MR) is 83.1 cm³/mol. The summed E-state index contributed by atoms with van der Waals surface area (Å²) >= 11 is 11.7. The Balaban J connectivity index is 2.29. The Bertz CT molecular complexity index is 634. The van der Waals surface area contributed by atoms with Crippen LogP contribution in [0.5, 0.6) is 0 Å². The van der Waals surface area contributed by atoms with Crippen LogP contribution in [0.1, 0.15) is 13.8 Å². The Hall–Kier alpha value is -1.66. The molecule has 0 bridgehead atoms. The van der Waals surface area contributed by atoms with Crippen molar-refractivity contribution in [2.45, 2.75) is 13.8 Å². The molecule has 1 heterocycles. The van der Waals surface area contributed by atoms with Crippen LogP contribution in [0, 0.1) is 5.82 Å². The van der Waals surface area contributed by atoms with Gasteiger partial charge >= 0.3 is 0 Å². The van der Waals surface area contributed by atoms with Gasteiger partial charge in [0.05, 0.1) is 5.02 Å². The highest BCUT2D eigenvalue weighted by atomic mass is 35.5. The van der Waals surface area contributed by atoms with E-state index in [0.29, 0.717) is 11.6 Å². The minimum atomic E-state index is -0.486. The third-order valence-corrected chi connectivity index (χ3v) is 3.28. The summed E-state index contributed by atoms with van der Waals surface area (Å²) in [5, 5.41) is 3.04. The Morgan fingerprint density at radius 3 is 2.48 bits per heavy atom. The minimum Gasteiger partial charge on any atom is -0.341 e. The van der Waals surface area contributed by atoms with Gasteiger partial charge in [-0.3, -0.25) is 0 Å². The Kier molecular flexibility index (Phi) is 5.14. The van der Waals surface area contributed by atoms with Gasteiger partial charge in [-0.1, -0.05) is 11.6 Å². The second-order valence-corrected chi connectivity index (χ2v) is 4.90. The maximum absolute atomic E-state index is 13.1. The summed E-state index contributed by atoms with van der Waals surface area (Å²) in [4.78, 5) is 14.3. The molecular weight excluding hydrogens is 316 g/mol. The van der Waals surface area contributed by atoms with Crippen LogP contribution in [0.15, 0.2) is 18.2 Å². The van der Waals surface area contributed by atoms with Crippen LogP contribution in [0.3, 0.4) is 0 Å². The van der Waals surface area contributed by atoms with E-state index in [1.54, 1.807) is 0 Å². The first-order valence-electron chi connectivity index (χ1n) is 6.42. The van der Waals surface area contributed by atoms with Crippen molar-refractivity contribution in [2.75, 3.05) is 23.3 Å². The van der Waals surface area contributed by atoms with Gasteiger partial charge < -0.3 is 10.2 Å². The van der Waals surface area contributed by atoms with Crippen LogP contribution in [-0.4, -0.2) is 28.0 Å². The van der Waals surface area contributed by atoms with Crippen molar-refractivity contribution >= 4 is 40.8 Å². The molecule has 0 amide bonds. The van der Waals surface area contributed by atoms with E-state index in [4.69, 9.17) is 23.2 Å². The van der Waals surface area contributed by atoms with Crippen molar-refractivity contribution in [3.05, 3.63) is 34.3 Å². The molecule has 112 valence electrons. The first kappa shape index (κ1) is 15.7. The molecule has 0 aliphatic carbocycles. The summed E-state index contributed by atoms with van der Waals surface area (Å²) in [5.74, 6) is 0.273. The van der Waals surface area contributed by atoms with Crippen molar-refractivity contribution < 1.29 is 4.39 Å². The third-order valence-electron chi connectivity index (χ3n) is 2.82. The second kappa shape index (κ2) is 6.87. The number of nitrogens with zero attached hydrogens (tertiary/aromatic N) is 4. The van der Waals surface area contributed by atoms with Gasteiger partial charge in [-0.15, -0.1) is 0 Å². The molecule has 5 nitrogen and oxygen atoms in total. The lowest BCUT2D eigenvalue weighted by Crippen LogP contribution is -2.24. The van der Waals surface area contributed by atoms with E-state index in [2.05, 4.69) is 20.3 Å². The van der Waals surface area contributed by atoms with E-state index in [1.807, 2.05) is 18.7 Å². The highest BCUT2D eigenvalue weighted by Crippen LogP contribution is 2.22. The summed E-state index contributed by atoms with van der Waals surface area (Å²) in [6.45, 7) is 5.49. The number of benzene rings is 1. The molecular formula is C13H14Cl2FN5. The maximum atomic E-state index is 13.1. The third kappa shape index (κ3) is 3.92. The molecule has 0 fully saturated rings. The first-order chi connectivity index (χ1) is 10.0. The van der Waals surface area contributed by atoms with E-state index in [-0.39, 0.29) is 16.3 Å². The zero-order valence-electron chi connectivity index (χ0n) is 11.6. The van der Waals surface area contributed by atoms with Gasteiger partial charge in [-0.2, -0.15) is 15.0 Å². The van der Waals surface area contributed by atoms with Crippen LogP contribution in [-0.2, 0) is 0 Å². The van der Waals surface area contributed by atoms with Crippen molar-refractivity contribution in [3.8, 4) is 0 Å². The number of hydrogen-bond acceptors (Lipinski definition) is 5. The van der Waals surface area contributed by atoms with Crippen LogP contribution in [0.4, 0.5) is 22.0 Å². The maximum Gasteiger partial charge on any atom is 0.233 e. The highest BCUT2D eigenvalue weighted by molar-refractivity contribution is 6.31. The fourth-order valence-corrected chi connectivity index (χ4v) is 2.08. The van der Waals surface area contributed by atoms with Crippen LogP contribution >= 0.6 is 23.2 Å².